The van der Waals surface area contributed by atoms with Gasteiger partial charge in [-0.15, -0.1) is 0 Å². The molecule has 0 saturated carbocycles. The molecule has 1 rings (SSSR count). The summed E-state index contributed by atoms with van der Waals surface area (Å²) in [5, 5.41) is 2.75. The Hall–Kier alpha value is -1.29. The van der Waals surface area contributed by atoms with Crippen LogP contribution in [0.3, 0.4) is 0 Å². The van der Waals surface area contributed by atoms with Gasteiger partial charge in [0.05, 0.1) is 5.69 Å². The van der Waals surface area contributed by atoms with E-state index in [1.807, 2.05) is 45.9 Å². The average Bonchev–Trinajstić information content (AvgIpc) is 2.17. The summed E-state index contributed by atoms with van der Waals surface area (Å²) in [6.07, 6.45) is -0.475. The molecule has 0 bridgehead atoms. The van der Waals surface area contributed by atoms with Crippen LogP contribution >= 0.6 is 15.9 Å². The number of benzene rings is 1. The highest BCUT2D eigenvalue weighted by atomic mass is 79.9. The number of rotatable bonds is 2. The van der Waals surface area contributed by atoms with Crippen molar-refractivity contribution in [3.05, 3.63) is 34.8 Å². The number of nitrogens with one attached hydrogen (secondary N) is 1. The molecule has 1 aromatic carbocycles. The van der Waals surface area contributed by atoms with Crippen molar-refractivity contribution in [1.29, 1.82) is 0 Å². The van der Waals surface area contributed by atoms with Crippen LogP contribution in [0.2, 0.25) is 0 Å². The molecular formula is C14H18BrNO2. The van der Waals surface area contributed by atoms with Gasteiger partial charge in [0.25, 0.3) is 0 Å². The summed E-state index contributed by atoms with van der Waals surface area (Å²) in [6, 6.07) is 5.66. The monoisotopic (exact) mass is 311 g/mol. The highest BCUT2D eigenvalue weighted by Crippen LogP contribution is 2.30. The molecule has 1 amide bonds. The Morgan fingerprint density at radius 2 is 2.00 bits per heavy atom. The molecule has 0 fully saturated rings. The van der Waals surface area contributed by atoms with Crippen LogP contribution in [0, 0.1) is 0 Å². The van der Waals surface area contributed by atoms with E-state index >= 15 is 0 Å². The molecule has 18 heavy (non-hydrogen) atoms. The first-order valence-corrected chi connectivity index (χ1v) is 6.44. The fourth-order valence-electron chi connectivity index (χ4n) is 1.41. The number of ether oxygens (including phenoxy) is 1. The van der Waals surface area contributed by atoms with Crippen molar-refractivity contribution in [3.63, 3.8) is 0 Å². The quantitative estimate of drug-likeness (QED) is 0.849. The molecule has 0 spiro atoms. The van der Waals surface area contributed by atoms with Crippen LogP contribution in [0.15, 0.2) is 29.3 Å². The fourth-order valence-corrected chi connectivity index (χ4v) is 1.88. The highest BCUT2D eigenvalue weighted by Gasteiger charge is 2.18. The lowest BCUT2D eigenvalue weighted by atomic mass is 10.1. The summed E-state index contributed by atoms with van der Waals surface area (Å²) in [5.74, 6) is 0. The summed E-state index contributed by atoms with van der Waals surface area (Å²) in [5.41, 5.74) is 1.92. The molecule has 0 radical (unpaired) electrons. The molecular weight excluding hydrogens is 294 g/mol. The lowest BCUT2D eigenvalue weighted by molar-refractivity contribution is 0.0636. The third kappa shape index (κ3) is 4.18. The van der Waals surface area contributed by atoms with E-state index in [1.165, 1.54) is 0 Å². The average molecular weight is 312 g/mol. The van der Waals surface area contributed by atoms with E-state index in [2.05, 4.69) is 27.8 Å². The fraction of sp³-hybridized carbons (Fsp3) is 0.357. The molecule has 0 aliphatic heterocycles. The SMILES string of the molecule is C=C(C)c1cccc(Br)c1NC(=O)OC(C)(C)C. The van der Waals surface area contributed by atoms with E-state index in [9.17, 15) is 4.79 Å². The molecule has 98 valence electrons. The maximum Gasteiger partial charge on any atom is 0.412 e. The van der Waals surface area contributed by atoms with Crippen LogP contribution in [-0.4, -0.2) is 11.7 Å². The van der Waals surface area contributed by atoms with E-state index in [1.54, 1.807) is 0 Å². The van der Waals surface area contributed by atoms with Gasteiger partial charge >= 0.3 is 6.09 Å². The first kappa shape index (κ1) is 14.8. The predicted molar refractivity (Wildman–Crippen MR) is 78.7 cm³/mol. The van der Waals surface area contributed by atoms with E-state index in [0.29, 0.717) is 5.69 Å². The minimum absolute atomic E-state index is 0.475. The molecule has 0 aliphatic rings. The normalized spacial score (nSPS) is 10.9. The lowest BCUT2D eigenvalue weighted by Crippen LogP contribution is -2.27. The predicted octanol–water partition coefficient (Wildman–Crippen LogP) is 4.83. The molecule has 0 saturated heterocycles. The number of anilines is 1. The van der Waals surface area contributed by atoms with Gasteiger partial charge in [0, 0.05) is 10.0 Å². The number of para-hydroxylation sites is 1. The van der Waals surface area contributed by atoms with Gasteiger partial charge < -0.3 is 4.74 Å². The second-order valence-electron chi connectivity index (χ2n) is 5.07. The summed E-state index contributed by atoms with van der Waals surface area (Å²) in [6.45, 7) is 11.3. The highest BCUT2D eigenvalue weighted by molar-refractivity contribution is 9.10. The Labute approximate surface area is 116 Å². The first-order chi connectivity index (χ1) is 8.20. The molecule has 0 aliphatic carbocycles. The Balaban J connectivity index is 2.97. The number of amides is 1. The van der Waals surface area contributed by atoms with Crippen molar-refractivity contribution in [3.8, 4) is 0 Å². The van der Waals surface area contributed by atoms with E-state index in [0.717, 1.165) is 15.6 Å². The van der Waals surface area contributed by atoms with E-state index < -0.39 is 11.7 Å². The van der Waals surface area contributed by atoms with Crippen LogP contribution in [0.25, 0.3) is 5.57 Å². The van der Waals surface area contributed by atoms with Gasteiger partial charge in [0.15, 0.2) is 0 Å². The maximum atomic E-state index is 11.8. The van der Waals surface area contributed by atoms with Gasteiger partial charge in [0.2, 0.25) is 0 Å². The number of carbonyl (C=O) groups is 1. The third-order valence-corrected chi connectivity index (χ3v) is 2.76. The van der Waals surface area contributed by atoms with Gasteiger partial charge in [-0.05, 0) is 55.3 Å². The number of hydrogen-bond acceptors (Lipinski definition) is 2. The summed E-state index contributed by atoms with van der Waals surface area (Å²) >= 11 is 3.41. The van der Waals surface area contributed by atoms with Crippen LogP contribution in [0.5, 0.6) is 0 Å². The molecule has 0 atom stereocenters. The molecule has 0 unspecified atom stereocenters. The van der Waals surface area contributed by atoms with Crippen LogP contribution < -0.4 is 5.32 Å². The van der Waals surface area contributed by atoms with Crippen molar-refractivity contribution in [2.45, 2.75) is 33.3 Å². The smallest absolute Gasteiger partial charge is 0.412 e. The van der Waals surface area contributed by atoms with Crippen LogP contribution in [-0.2, 0) is 4.74 Å². The largest absolute Gasteiger partial charge is 0.444 e. The van der Waals surface area contributed by atoms with Crippen molar-refractivity contribution < 1.29 is 9.53 Å². The molecule has 4 heteroatoms. The molecule has 1 aromatic rings. The molecule has 3 nitrogen and oxygen atoms in total. The van der Waals surface area contributed by atoms with Gasteiger partial charge in [-0.25, -0.2) is 4.79 Å². The summed E-state index contributed by atoms with van der Waals surface area (Å²) < 4.78 is 6.03. The van der Waals surface area contributed by atoms with Crippen molar-refractivity contribution in [2.24, 2.45) is 0 Å². The van der Waals surface area contributed by atoms with Crippen LogP contribution in [0.4, 0.5) is 10.5 Å². The Bertz CT molecular complexity index is 475. The second-order valence-corrected chi connectivity index (χ2v) is 5.92. The number of halogens is 1. The molecule has 1 N–H and O–H groups in total. The third-order valence-electron chi connectivity index (χ3n) is 2.10. The zero-order valence-electron chi connectivity index (χ0n) is 11.1. The maximum absolute atomic E-state index is 11.8. The minimum atomic E-state index is -0.519. The minimum Gasteiger partial charge on any atom is -0.444 e. The van der Waals surface area contributed by atoms with Crippen LogP contribution in [0.1, 0.15) is 33.3 Å². The van der Waals surface area contributed by atoms with Gasteiger partial charge in [0.1, 0.15) is 5.60 Å². The lowest BCUT2D eigenvalue weighted by Gasteiger charge is -2.21. The van der Waals surface area contributed by atoms with Gasteiger partial charge in [-0.3, -0.25) is 5.32 Å². The van der Waals surface area contributed by atoms with Crippen molar-refractivity contribution in [2.75, 3.05) is 5.32 Å². The second kappa shape index (κ2) is 5.57. The van der Waals surface area contributed by atoms with Gasteiger partial charge in [-0.2, -0.15) is 0 Å². The number of carbonyl (C=O) groups excluding carboxylic acids is 1. The molecule has 0 aromatic heterocycles. The number of hydrogen-bond donors (Lipinski definition) is 1. The molecule has 0 heterocycles. The summed E-state index contributed by atoms with van der Waals surface area (Å²) in [7, 11) is 0. The zero-order valence-corrected chi connectivity index (χ0v) is 12.7. The van der Waals surface area contributed by atoms with E-state index in [4.69, 9.17) is 4.74 Å². The topological polar surface area (TPSA) is 38.3 Å². The zero-order chi connectivity index (χ0) is 13.9. The number of allylic oxidation sites excluding steroid dienone is 1. The summed E-state index contributed by atoms with van der Waals surface area (Å²) in [4.78, 5) is 11.8. The van der Waals surface area contributed by atoms with E-state index in [-0.39, 0.29) is 0 Å². The standard InChI is InChI=1S/C14H18BrNO2/c1-9(2)10-7-6-8-11(15)12(10)16-13(17)18-14(3,4)5/h6-8H,1H2,2-5H3,(H,16,17). The van der Waals surface area contributed by atoms with Crippen molar-refractivity contribution >= 4 is 33.3 Å². The Morgan fingerprint density at radius 3 is 2.50 bits per heavy atom. The Morgan fingerprint density at radius 1 is 1.39 bits per heavy atom. The van der Waals surface area contributed by atoms with Crippen molar-refractivity contribution in [1.82, 2.24) is 0 Å². The Kier molecular flexibility index (Phi) is 4.57. The van der Waals surface area contributed by atoms with Gasteiger partial charge in [-0.1, -0.05) is 18.7 Å². The first-order valence-electron chi connectivity index (χ1n) is 5.65.